The Kier molecular flexibility index (Phi) is 10.4. The van der Waals surface area contributed by atoms with Gasteiger partial charge >= 0.3 is 5.97 Å². The summed E-state index contributed by atoms with van der Waals surface area (Å²) >= 11 is 1.26. The number of ether oxygens (including phenoxy) is 3. The number of hydrogen-bond acceptors (Lipinski definition) is 8. The summed E-state index contributed by atoms with van der Waals surface area (Å²) in [6.45, 7) is 8.69. The summed E-state index contributed by atoms with van der Waals surface area (Å²) in [4.78, 5) is 33.6. The normalized spacial score (nSPS) is 14.2. The Morgan fingerprint density at radius 1 is 0.940 bits per heavy atom. The smallest absolute Gasteiger partial charge is 0.338 e. The standard InChI is InChI=1S/C41H37N3O5S/c1-5-47-34-22-27(16-21-33(34)49-25-32-15-11-10-14-31(32)24-42)23-35-39(45)44-38(30-19-17-28(18-20-30)26(3)4)36(40(46)48-6-2)37(43-41(44)50-35)29-12-8-7-9-13-29/h7-23,26,38H,5-6,25H2,1-4H3/b35-23-/t38-/m1/s1. The number of esters is 1. The highest BCUT2D eigenvalue weighted by molar-refractivity contribution is 7.07. The van der Waals surface area contributed by atoms with E-state index in [1.165, 1.54) is 11.3 Å². The van der Waals surface area contributed by atoms with Crippen molar-refractivity contribution in [2.75, 3.05) is 13.2 Å². The highest BCUT2D eigenvalue weighted by Gasteiger charge is 2.35. The minimum atomic E-state index is -0.755. The Hall–Kier alpha value is -5.72. The minimum Gasteiger partial charge on any atom is -0.490 e. The molecule has 0 N–H and O–H groups in total. The van der Waals surface area contributed by atoms with Gasteiger partial charge in [-0.05, 0) is 60.7 Å². The molecule has 1 atom stereocenters. The third kappa shape index (κ3) is 7.02. The van der Waals surface area contributed by atoms with Gasteiger partial charge in [-0.3, -0.25) is 9.36 Å². The Labute approximate surface area is 294 Å². The molecule has 0 aliphatic carbocycles. The van der Waals surface area contributed by atoms with Crippen molar-refractivity contribution in [1.82, 2.24) is 4.57 Å². The third-order valence-corrected chi connectivity index (χ3v) is 9.36. The number of thiazole rings is 1. The first-order chi connectivity index (χ1) is 24.3. The Balaban J connectivity index is 1.48. The van der Waals surface area contributed by atoms with Gasteiger partial charge in [0.2, 0.25) is 0 Å². The molecule has 4 aromatic carbocycles. The van der Waals surface area contributed by atoms with Crippen molar-refractivity contribution in [3.63, 3.8) is 0 Å². The molecule has 0 saturated carbocycles. The number of carbonyl (C=O) groups is 1. The molecule has 9 heteroatoms. The summed E-state index contributed by atoms with van der Waals surface area (Å²) < 4.78 is 19.7. The lowest BCUT2D eigenvalue weighted by Gasteiger charge is -2.26. The van der Waals surface area contributed by atoms with Crippen LogP contribution in [0.2, 0.25) is 0 Å². The van der Waals surface area contributed by atoms with Crippen LogP contribution in [0.25, 0.3) is 11.8 Å². The number of aromatic nitrogens is 1. The molecule has 1 aromatic heterocycles. The molecule has 0 unspecified atom stereocenters. The maximum Gasteiger partial charge on any atom is 0.338 e. The van der Waals surface area contributed by atoms with Gasteiger partial charge in [-0.25, -0.2) is 9.79 Å². The van der Waals surface area contributed by atoms with Crippen molar-refractivity contribution < 1.29 is 19.0 Å². The van der Waals surface area contributed by atoms with Crippen LogP contribution in [0.1, 0.15) is 73.0 Å². The monoisotopic (exact) mass is 683 g/mol. The van der Waals surface area contributed by atoms with Gasteiger partial charge in [0.25, 0.3) is 5.56 Å². The number of carbonyl (C=O) groups excluding carboxylic acids is 1. The van der Waals surface area contributed by atoms with Crippen molar-refractivity contribution in [2.24, 2.45) is 4.99 Å². The number of benzene rings is 4. The Morgan fingerprint density at radius 3 is 2.38 bits per heavy atom. The van der Waals surface area contributed by atoms with Crippen molar-refractivity contribution in [3.05, 3.63) is 156 Å². The molecule has 252 valence electrons. The van der Waals surface area contributed by atoms with E-state index < -0.39 is 12.0 Å². The first kappa shape index (κ1) is 34.2. The van der Waals surface area contributed by atoms with Crippen LogP contribution in [0.3, 0.4) is 0 Å². The van der Waals surface area contributed by atoms with Crippen molar-refractivity contribution >= 4 is 29.1 Å². The molecule has 0 spiro atoms. The molecule has 0 saturated heterocycles. The van der Waals surface area contributed by atoms with Gasteiger partial charge in [0.1, 0.15) is 6.61 Å². The minimum absolute atomic E-state index is 0.181. The zero-order valence-corrected chi connectivity index (χ0v) is 29.2. The van der Waals surface area contributed by atoms with Crippen LogP contribution in [-0.2, 0) is 16.1 Å². The fourth-order valence-electron chi connectivity index (χ4n) is 5.88. The highest BCUT2D eigenvalue weighted by Crippen LogP contribution is 2.36. The van der Waals surface area contributed by atoms with Gasteiger partial charge in [-0.1, -0.05) is 104 Å². The van der Waals surface area contributed by atoms with Gasteiger partial charge in [0.15, 0.2) is 16.3 Å². The summed E-state index contributed by atoms with van der Waals surface area (Å²) in [6, 6.07) is 31.8. The quantitative estimate of drug-likeness (QED) is 0.140. The predicted octanol–water partition coefficient (Wildman–Crippen LogP) is 6.91. The molecule has 2 heterocycles. The van der Waals surface area contributed by atoms with Crippen LogP contribution in [0, 0.1) is 11.3 Å². The number of fused-ring (bicyclic) bond motifs is 1. The highest BCUT2D eigenvalue weighted by atomic mass is 32.1. The van der Waals surface area contributed by atoms with Crippen LogP contribution < -0.4 is 24.4 Å². The van der Waals surface area contributed by atoms with Crippen LogP contribution in [-0.4, -0.2) is 23.8 Å². The average Bonchev–Trinajstić information content (AvgIpc) is 3.45. The molecule has 5 aromatic rings. The topological polar surface area (TPSA) is 103 Å². The molecule has 0 fully saturated rings. The molecule has 0 amide bonds. The maximum atomic E-state index is 14.4. The summed E-state index contributed by atoms with van der Waals surface area (Å²) in [5, 5.41) is 9.47. The molecular weight excluding hydrogens is 647 g/mol. The first-order valence-corrected chi connectivity index (χ1v) is 17.4. The summed E-state index contributed by atoms with van der Waals surface area (Å²) in [7, 11) is 0. The molecule has 6 rings (SSSR count). The summed E-state index contributed by atoms with van der Waals surface area (Å²) in [5.41, 5.74) is 5.26. The SMILES string of the molecule is CCOC(=O)C1=C(c2ccccc2)N=c2s/c(=C\c3ccc(OCc4ccccc4C#N)c(OCC)c3)c(=O)n2[C@@H]1c1ccc(C(C)C)cc1. The lowest BCUT2D eigenvalue weighted by molar-refractivity contribution is -0.138. The van der Waals surface area contributed by atoms with Crippen LogP contribution in [0.4, 0.5) is 0 Å². The van der Waals surface area contributed by atoms with E-state index in [2.05, 4.69) is 19.9 Å². The van der Waals surface area contributed by atoms with Crippen molar-refractivity contribution in [3.8, 4) is 17.6 Å². The molecule has 8 nitrogen and oxygen atoms in total. The van der Waals surface area contributed by atoms with E-state index in [1.807, 2.05) is 91.9 Å². The number of nitrogens with zero attached hydrogens (tertiary/aromatic N) is 3. The zero-order valence-electron chi connectivity index (χ0n) is 28.4. The van der Waals surface area contributed by atoms with Crippen molar-refractivity contribution in [2.45, 2.75) is 46.3 Å². The maximum absolute atomic E-state index is 14.4. The Morgan fingerprint density at radius 2 is 1.68 bits per heavy atom. The Bertz CT molecular complexity index is 2280. The second kappa shape index (κ2) is 15.2. The average molecular weight is 684 g/mol. The number of nitriles is 1. The zero-order chi connectivity index (χ0) is 35.2. The van der Waals surface area contributed by atoms with Gasteiger partial charge in [0, 0.05) is 11.1 Å². The van der Waals surface area contributed by atoms with Gasteiger partial charge in [-0.15, -0.1) is 0 Å². The fourth-order valence-corrected chi connectivity index (χ4v) is 6.88. The largest absolute Gasteiger partial charge is 0.490 e. The van der Waals surface area contributed by atoms with E-state index in [0.717, 1.165) is 27.8 Å². The molecule has 0 bridgehead atoms. The van der Waals surface area contributed by atoms with Gasteiger partial charge in [0.05, 0.1) is 46.7 Å². The number of hydrogen-bond donors (Lipinski definition) is 0. The van der Waals surface area contributed by atoms with E-state index >= 15 is 0 Å². The fraction of sp³-hybridized carbons (Fsp3) is 0.220. The van der Waals surface area contributed by atoms with E-state index in [-0.39, 0.29) is 18.8 Å². The van der Waals surface area contributed by atoms with E-state index in [0.29, 0.717) is 50.2 Å². The second-order valence-corrected chi connectivity index (χ2v) is 13.0. The van der Waals surface area contributed by atoms with Crippen LogP contribution >= 0.6 is 11.3 Å². The van der Waals surface area contributed by atoms with Gasteiger partial charge < -0.3 is 14.2 Å². The van der Waals surface area contributed by atoms with Crippen molar-refractivity contribution in [1.29, 1.82) is 5.26 Å². The number of rotatable bonds is 11. The summed E-state index contributed by atoms with van der Waals surface area (Å²) in [6.07, 6.45) is 1.80. The third-order valence-electron chi connectivity index (χ3n) is 8.38. The van der Waals surface area contributed by atoms with E-state index in [4.69, 9.17) is 19.2 Å². The lowest BCUT2D eigenvalue weighted by Crippen LogP contribution is -2.40. The lowest BCUT2D eigenvalue weighted by atomic mass is 9.91. The molecule has 0 radical (unpaired) electrons. The molecule has 1 aliphatic heterocycles. The molecular formula is C41H37N3O5S. The molecule has 50 heavy (non-hydrogen) atoms. The predicted molar refractivity (Wildman–Crippen MR) is 195 cm³/mol. The van der Waals surface area contributed by atoms with E-state index in [1.54, 1.807) is 29.7 Å². The van der Waals surface area contributed by atoms with Crippen LogP contribution in [0.15, 0.2) is 112 Å². The van der Waals surface area contributed by atoms with E-state index in [9.17, 15) is 14.9 Å². The summed E-state index contributed by atoms with van der Waals surface area (Å²) in [5.74, 6) is 0.839. The van der Waals surface area contributed by atoms with Gasteiger partial charge in [-0.2, -0.15) is 5.26 Å². The first-order valence-electron chi connectivity index (χ1n) is 16.6. The second-order valence-electron chi connectivity index (χ2n) is 11.9. The molecule has 1 aliphatic rings. The van der Waals surface area contributed by atoms with Crippen LogP contribution in [0.5, 0.6) is 11.5 Å².